The van der Waals surface area contributed by atoms with E-state index in [-0.39, 0.29) is 29.0 Å². The molecule has 0 aliphatic rings. The van der Waals surface area contributed by atoms with Crippen LogP contribution in [0, 0.1) is 26.0 Å². The summed E-state index contributed by atoms with van der Waals surface area (Å²) in [6.45, 7) is -0.678. The van der Waals surface area contributed by atoms with E-state index in [1.807, 2.05) is 30.3 Å². The van der Waals surface area contributed by atoms with Crippen molar-refractivity contribution < 1.29 is 27.8 Å². The molecule has 1 N–H and O–H groups in total. The summed E-state index contributed by atoms with van der Waals surface area (Å²) in [6, 6.07) is 26.1. The average Bonchev–Trinajstić information content (AvgIpc) is 2.97. The fourth-order valence-electron chi connectivity index (χ4n) is 4.00. The largest absolute Gasteiger partial charge is 0.352 e. The molecule has 0 saturated heterocycles. The summed E-state index contributed by atoms with van der Waals surface area (Å²) in [7, 11) is -4.31. The van der Waals surface area contributed by atoms with Crippen LogP contribution in [0.5, 0.6) is 0 Å². The molecule has 0 amide bonds. The zero-order valence-corrected chi connectivity index (χ0v) is 22.0. The van der Waals surface area contributed by atoms with Gasteiger partial charge in [0, 0.05) is 18.7 Å². The van der Waals surface area contributed by atoms with Crippen molar-refractivity contribution in [2.24, 2.45) is 0 Å². The van der Waals surface area contributed by atoms with Gasteiger partial charge >= 0.3 is 7.60 Å². The van der Waals surface area contributed by atoms with Gasteiger partial charge in [0.15, 0.2) is 0 Å². The number of nitrogens with zero attached hydrogens (tertiary/aromatic N) is 2. The maximum absolute atomic E-state index is 14.6. The summed E-state index contributed by atoms with van der Waals surface area (Å²) in [4.78, 5) is 21.9. The summed E-state index contributed by atoms with van der Waals surface area (Å²) in [5, 5.41) is 26.2. The van der Waals surface area contributed by atoms with E-state index >= 15 is 0 Å². The summed E-state index contributed by atoms with van der Waals surface area (Å²) < 4.78 is 40.1. The predicted octanol–water partition coefficient (Wildman–Crippen LogP) is 7.06. The van der Waals surface area contributed by atoms with Gasteiger partial charge in [0.25, 0.3) is 11.4 Å². The van der Waals surface area contributed by atoms with Gasteiger partial charge in [0.2, 0.25) is 0 Å². The Morgan fingerprint density at radius 2 is 1.20 bits per heavy atom. The van der Waals surface area contributed by atoms with Gasteiger partial charge < -0.3 is 9.05 Å². The predicted molar refractivity (Wildman–Crippen MR) is 146 cm³/mol. The van der Waals surface area contributed by atoms with Crippen molar-refractivity contribution in [2.75, 3.05) is 0 Å². The highest BCUT2D eigenvalue weighted by molar-refractivity contribution is 7.54. The summed E-state index contributed by atoms with van der Waals surface area (Å²) in [5.41, 5.74) is 1.06. The summed E-state index contributed by atoms with van der Waals surface area (Å²) in [5.74, 6) is -1.67. The molecule has 206 valence electrons. The number of hydrogen-bond donors (Lipinski definition) is 1. The van der Waals surface area contributed by atoms with Crippen LogP contribution < -0.4 is 5.32 Å². The van der Waals surface area contributed by atoms with E-state index in [0.29, 0.717) is 5.56 Å². The SMILES string of the molecule is O=[N+]([O-])c1ccccc1COP(=O)(OCc1ccccc1[N+](=O)[O-])[C@H](NCc1ccccc1)c1ccc(F)cc1. The number of hydrogen-bond acceptors (Lipinski definition) is 8. The van der Waals surface area contributed by atoms with Crippen LogP contribution in [0.1, 0.15) is 28.0 Å². The molecule has 0 aromatic heterocycles. The van der Waals surface area contributed by atoms with Gasteiger partial charge in [-0.15, -0.1) is 0 Å². The first-order valence-corrected chi connectivity index (χ1v) is 13.7. The van der Waals surface area contributed by atoms with Crippen LogP contribution in [0.15, 0.2) is 103 Å². The smallest absolute Gasteiger partial charge is 0.302 e. The highest BCUT2D eigenvalue weighted by atomic mass is 31.2. The molecule has 4 rings (SSSR count). The molecular weight excluding hydrogens is 540 g/mol. The van der Waals surface area contributed by atoms with Crippen molar-refractivity contribution >= 4 is 19.0 Å². The maximum Gasteiger partial charge on any atom is 0.352 e. The van der Waals surface area contributed by atoms with E-state index < -0.39 is 42.3 Å². The monoisotopic (exact) mass is 565 g/mol. The van der Waals surface area contributed by atoms with E-state index in [1.165, 1.54) is 60.7 Å². The lowest BCUT2D eigenvalue weighted by molar-refractivity contribution is -0.385. The number of nitrogens with one attached hydrogen (secondary N) is 1. The quantitative estimate of drug-likeness (QED) is 0.103. The molecule has 4 aromatic carbocycles. The Morgan fingerprint density at radius 3 is 1.70 bits per heavy atom. The number of rotatable bonds is 13. The normalized spacial score (nSPS) is 12.1. The molecule has 0 aliphatic carbocycles. The van der Waals surface area contributed by atoms with Crippen LogP contribution in [0.25, 0.3) is 0 Å². The Morgan fingerprint density at radius 1 is 0.725 bits per heavy atom. The lowest BCUT2D eigenvalue weighted by Crippen LogP contribution is -2.23. The van der Waals surface area contributed by atoms with Gasteiger partial charge in [-0.3, -0.25) is 30.1 Å². The number of halogens is 1. The first kappa shape index (κ1) is 28.7. The van der Waals surface area contributed by atoms with E-state index in [9.17, 15) is 29.2 Å². The second-order valence-corrected chi connectivity index (χ2v) is 10.8. The van der Waals surface area contributed by atoms with Crippen molar-refractivity contribution in [3.05, 3.63) is 151 Å². The zero-order chi connectivity index (χ0) is 28.5. The third kappa shape index (κ3) is 7.22. The molecule has 0 bridgehead atoms. The number of benzene rings is 4. The minimum absolute atomic E-state index is 0.155. The molecule has 12 heteroatoms. The fraction of sp³-hybridized carbons (Fsp3) is 0.143. The fourth-order valence-corrected chi connectivity index (χ4v) is 5.86. The van der Waals surface area contributed by atoms with Crippen LogP contribution in [-0.2, 0) is 33.4 Å². The highest BCUT2D eigenvalue weighted by Gasteiger charge is 2.38. The molecule has 0 spiro atoms. The Labute approximate surface area is 229 Å². The minimum Gasteiger partial charge on any atom is -0.302 e. The van der Waals surface area contributed by atoms with Gasteiger partial charge in [-0.05, 0) is 35.4 Å². The zero-order valence-electron chi connectivity index (χ0n) is 21.1. The Balaban J connectivity index is 1.72. The van der Waals surface area contributed by atoms with E-state index in [2.05, 4.69) is 5.32 Å². The number of nitro groups is 2. The second kappa shape index (κ2) is 13.2. The molecular formula is C28H25FN3O7P. The third-order valence-electron chi connectivity index (χ3n) is 6.02. The van der Waals surface area contributed by atoms with Crippen LogP contribution in [0.4, 0.5) is 15.8 Å². The lowest BCUT2D eigenvalue weighted by Gasteiger charge is -2.28. The van der Waals surface area contributed by atoms with Crippen molar-refractivity contribution in [2.45, 2.75) is 25.5 Å². The van der Waals surface area contributed by atoms with E-state index in [1.54, 1.807) is 12.1 Å². The first-order chi connectivity index (χ1) is 19.3. The third-order valence-corrected chi connectivity index (χ3v) is 8.11. The molecule has 40 heavy (non-hydrogen) atoms. The van der Waals surface area contributed by atoms with Gasteiger partial charge in [0.05, 0.1) is 34.2 Å². The molecule has 0 radical (unpaired) electrons. The van der Waals surface area contributed by atoms with E-state index in [4.69, 9.17) is 9.05 Å². The molecule has 0 heterocycles. The van der Waals surface area contributed by atoms with Crippen LogP contribution in [0.3, 0.4) is 0 Å². The van der Waals surface area contributed by atoms with Crippen molar-refractivity contribution in [3.8, 4) is 0 Å². The second-order valence-electron chi connectivity index (χ2n) is 8.68. The standard InChI is InChI=1S/C28H25FN3O7P/c29-25-16-14-22(15-17-25)28(30-18-21-8-2-1-3-9-21)40(37,38-19-23-10-4-6-12-26(23)31(33)34)39-20-24-11-5-7-13-27(24)32(35)36/h1-17,28,30H,18-20H2/t28-/m0/s1. The Kier molecular flexibility index (Phi) is 9.47. The topological polar surface area (TPSA) is 134 Å². The van der Waals surface area contributed by atoms with Crippen LogP contribution in [-0.4, -0.2) is 9.85 Å². The van der Waals surface area contributed by atoms with Gasteiger partial charge in [0.1, 0.15) is 11.6 Å². The maximum atomic E-state index is 14.6. The molecule has 0 saturated carbocycles. The van der Waals surface area contributed by atoms with E-state index in [0.717, 1.165) is 5.56 Å². The molecule has 0 unspecified atom stereocenters. The molecule has 0 fully saturated rings. The van der Waals surface area contributed by atoms with Crippen LogP contribution >= 0.6 is 7.60 Å². The summed E-state index contributed by atoms with van der Waals surface area (Å²) >= 11 is 0. The number of para-hydroxylation sites is 2. The lowest BCUT2D eigenvalue weighted by atomic mass is 10.2. The minimum atomic E-state index is -4.31. The number of nitro benzene ring substituents is 2. The highest BCUT2D eigenvalue weighted by Crippen LogP contribution is 2.61. The summed E-state index contributed by atoms with van der Waals surface area (Å²) in [6.07, 6.45) is 0. The Hall–Kier alpha value is -4.28. The van der Waals surface area contributed by atoms with Gasteiger partial charge in [-0.1, -0.05) is 66.7 Å². The first-order valence-electron chi connectivity index (χ1n) is 12.1. The molecule has 0 aliphatic heterocycles. The van der Waals surface area contributed by atoms with Crippen molar-refractivity contribution in [1.82, 2.24) is 5.32 Å². The van der Waals surface area contributed by atoms with Crippen LogP contribution in [0.2, 0.25) is 0 Å². The van der Waals surface area contributed by atoms with Gasteiger partial charge in [-0.25, -0.2) is 4.39 Å². The van der Waals surface area contributed by atoms with Crippen molar-refractivity contribution in [3.63, 3.8) is 0 Å². The van der Waals surface area contributed by atoms with Gasteiger partial charge in [-0.2, -0.15) is 0 Å². The molecule has 1 atom stereocenters. The molecule has 4 aromatic rings. The molecule has 10 nitrogen and oxygen atoms in total. The average molecular weight is 565 g/mol. The van der Waals surface area contributed by atoms with Crippen molar-refractivity contribution in [1.29, 1.82) is 0 Å². The Bertz CT molecular complexity index is 1450.